The topological polar surface area (TPSA) is 15.7 Å². The Morgan fingerprint density at radius 1 is 0.640 bits per heavy atom. The second-order valence-corrected chi connectivity index (χ2v) is 6.25. The summed E-state index contributed by atoms with van der Waals surface area (Å²) in [5, 5.41) is 4.62. The van der Waals surface area contributed by atoms with Gasteiger partial charge >= 0.3 is 0 Å². The second-order valence-electron chi connectivity index (χ2n) is 6.25. The smallest absolute Gasteiger partial charge is 0.0969 e. The molecule has 3 aromatic rings. The Morgan fingerprint density at radius 2 is 1.08 bits per heavy atom. The molecule has 1 saturated heterocycles. The molecule has 4 rings (SSSR count). The molecule has 1 aliphatic heterocycles. The van der Waals surface area contributed by atoms with Gasteiger partial charge in [-0.05, 0) is 29.8 Å². The zero-order valence-corrected chi connectivity index (χ0v) is 14.2. The van der Waals surface area contributed by atoms with Crippen molar-refractivity contribution in [3.05, 3.63) is 96.6 Å². The highest BCUT2D eigenvalue weighted by Crippen LogP contribution is 2.28. The minimum absolute atomic E-state index is 0.167. The van der Waals surface area contributed by atoms with Gasteiger partial charge in [-0.25, -0.2) is 0 Å². The molecule has 0 atom stereocenters. The van der Waals surface area contributed by atoms with Crippen molar-refractivity contribution in [2.75, 3.05) is 23.1 Å². The van der Waals surface area contributed by atoms with E-state index in [0.29, 0.717) is 6.61 Å². The molecule has 3 aromatic carbocycles. The average molecular weight is 330 g/mol. The molecule has 0 N–H and O–H groups in total. The van der Waals surface area contributed by atoms with Crippen molar-refractivity contribution in [1.82, 2.24) is 0 Å². The van der Waals surface area contributed by atoms with Crippen LogP contribution < -0.4 is 10.0 Å². The summed E-state index contributed by atoms with van der Waals surface area (Å²) < 4.78 is 6.21. The quantitative estimate of drug-likeness (QED) is 0.684. The van der Waals surface area contributed by atoms with Crippen molar-refractivity contribution in [3.63, 3.8) is 0 Å². The van der Waals surface area contributed by atoms with Crippen molar-refractivity contribution in [3.8, 4) is 0 Å². The Hall–Kier alpha value is -2.78. The third kappa shape index (κ3) is 3.67. The van der Waals surface area contributed by atoms with Gasteiger partial charge in [-0.2, -0.15) is 0 Å². The number of benzene rings is 3. The van der Waals surface area contributed by atoms with E-state index in [1.165, 1.54) is 16.9 Å². The third-order valence-electron chi connectivity index (χ3n) is 4.48. The predicted molar refractivity (Wildman–Crippen MR) is 103 cm³/mol. The summed E-state index contributed by atoms with van der Waals surface area (Å²) in [6, 6.07) is 31.4. The lowest BCUT2D eigenvalue weighted by molar-refractivity contribution is 0.0634. The van der Waals surface area contributed by atoms with Gasteiger partial charge in [0.05, 0.1) is 37.2 Å². The zero-order chi connectivity index (χ0) is 16.9. The number of hydrogen-bond acceptors (Lipinski definition) is 3. The van der Waals surface area contributed by atoms with E-state index in [9.17, 15) is 0 Å². The van der Waals surface area contributed by atoms with Gasteiger partial charge in [0.25, 0.3) is 0 Å². The molecule has 0 spiro atoms. The van der Waals surface area contributed by atoms with E-state index in [4.69, 9.17) is 4.74 Å². The number of rotatable bonds is 5. The summed E-state index contributed by atoms with van der Waals surface area (Å²) in [5.74, 6) is 0. The van der Waals surface area contributed by atoms with Crippen molar-refractivity contribution >= 4 is 11.4 Å². The Balaban J connectivity index is 1.52. The molecular formula is C22H22N2O. The molecule has 1 aliphatic rings. The fraction of sp³-hybridized carbons (Fsp3) is 0.182. The van der Waals surface area contributed by atoms with Gasteiger partial charge in [-0.1, -0.05) is 66.7 Å². The largest absolute Gasteiger partial charge is 0.370 e. The van der Waals surface area contributed by atoms with Crippen molar-refractivity contribution < 1.29 is 4.74 Å². The molecule has 3 heteroatoms. The van der Waals surface area contributed by atoms with E-state index in [2.05, 4.69) is 94.9 Å². The zero-order valence-electron chi connectivity index (χ0n) is 14.2. The van der Waals surface area contributed by atoms with Crippen molar-refractivity contribution in [1.29, 1.82) is 0 Å². The molecule has 25 heavy (non-hydrogen) atoms. The standard InChI is InChI=1S/C22H22N2O/c1-4-10-19(11-5-1)18-25-22-16-23(20-12-6-2-7-13-20)24(17-22)21-14-8-3-9-15-21/h1-15,22H,16-18H2. The highest BCUT2D eigenvalue weighted by Gasteiger charge is 2.31. The number of hydrogen-bond donors (Lipinski definition) is 0. The maximum atomic E-state index is 6.21. The Bertz CT molecular complexity index is 729. The number of hydrazine groups is 1. The highest BCUT2D eigenvalue weighted by atomic mass is 16.5. The van der Waals surface area contributed by atoms with E-state index in [-0.39, 0.29) is 6.10 Å². The van der Waals surface area contributed by atoms with Gasteiger partial charge in [-0.3, -0.25) is 10.0 Å². The number of nitrogens with zero attached hydrogens (tertiary/aromatic N) is 2. The lowest BCUT2D eigenvalue weighted by Gasteiger charge is -2.31. The van der Waals surface area contributed by atoms with Crippen LogP contribution in [-0.4, -0.2) is 19.2 Å². The summed E-state index contributed by atoms with van der Waals surface area (Å²) in [4.78, 5) is 0. The van der Waals surface area contributed by atoms with Gasteiger partial charge in [0.1, 0.15) is 0 Å². The normalized spacial score (nSPS) is 14.9. The van der Waals surface area contributed by atoms with E-state index in [0.717, 1.165) is 13.1 Å². The minimum atomic E-state index is 0.167. The molecule has 0 saturated carbocycles. The van der Waals surface area contributed by atoms with Crippen LogP contribution in [0.1, 0.15) is 5.56 Å². The van der Waals surface area contributed by atoms with E-state index in [1.807, 2.05) is 6.07 Å². The van der Waals surface area contributed by atoms with Crippen LogP contribution in [0.15, 0.2) is 91.0 Å². The summed E-state index contributed by atoms with van der Waals surface area (Å²) in [6.45, 7) is 2.36. The average Bonchev–Trinajstić information content (AvgIpc) is 3.13. The second kappa shape index (κ2) is 7.41. The van der Waals surface area contributed by atoms with Crippen LogP contribution in [0.2, 0.25) is 0 Å². The molecule has 0 aliphatic carbocycles. The Labute approximate surface area is 149 Å². The molecule has 0 aromatic heterocycles. The highest BCUT2D eigenvalue weighted by molar-refractivity contribution is 5.59. The summed E-state index contributed by atoms with van der Waals surface area (Å²) in [7, 11) is 0. The molecule has 3 nitrogen and oxygen atoms in total. The van der Waals surface area contributed by atoms with Gasteiger partial charge in [0.15, 0.2) is 0 Å². The van der Waals surface area contributed by atoms with Gasteiger partial charge in [-0.15, -0.1) is 0 Å². The van der Waals surface area contributed by atoms with E-state index >= 15 is 0 Å². The Morgan fingerprint density at radius 3 is 1.56 bits per heavy atom. The van der Waals surface area contributed by atoms with Crippen LogP contribution in [-0.2, 0) is 11.3 Å². The van der Waals surface area contributed by atoms with E-state index in [1.54, 1.807) is 0 Å². The number of anilines is 2. The van der Waals surface area contributed by atoms with Gasteiger partial charge in [0.2, 0.25) is 0 Å². The number of ether oxygens (including phenoxy) is 1. The first-order valence-corrected chi connectivity index (χ1v) is 8.71. The Kier molecular flexibility index (Phi) is 4.66. The molecule has 126 valence electrons. The summed E-state index contributed by atoms with van der Waals surface area (Å²) in [6.07, 6.45) is 0.167. The predicted octanol–water partition coefficient (Wildman–Crippen LogP) is 4.51. The molecule has 0 radical (unpaired) electrons. The van der Waals surface area contributed by atoms with Crippen molar-refractivity contribution in [2.45, 2.75) is 12.7 Å². The lowest BCUT2D eigenvalue weighted by Crippen LogP contribution is -2.36. The molecule has 1 heterocycles. The maximum absolute atomic E-state index is 6.21. The van der Waals surface area contributed by atoms with Crippen LogP contribution in [0.3, 0.4) is 0 Å². The van der Waals surface area contributed by atoms with Crippen LogP contribution in [0, 0.1) is 0 Å². The monoisotopic (exact) mass is 330 g/mol. The summed E-state index contributed by atoms with van der Waals surface area (Å²) in [5.41, 5.74) is 3.60. The molecule has 0 amide bonds. The van der Waals surface area contributed by atoms with Crippen LogP contribution in [0.5, 0.6) is 0 Å². The molecule has 1 fully saturated rings. The van der Waals surface area contributed by atoms with Crippen molar-refractivity contribution in [2.24, 2.45) is 0 Å². The lowest BCUT2D eigenvalue weighted by atomic mass is 10.2. The maximum Gasteiger partial charge on any atom is 0.0969 e. The van der Waals surface area contributed by atoms with Crippen LogP contribution in [0.25, 0.3) is 0 Å². The number of para-hydroxylation sites is 2. The summed E-state index contributed by atoms with van der Waals surface area (Å²) >= 11 is 0. The third-order valence-corrected chi connectivity index (χ3v) is 4.48. The minimum Gasteiger partial charge on any atom is -0.370 e. The fourth-order valence-corrected chi connectivity index (χ4v) is 3.22. The fourth-order valence-electron chi connectivity index (χ4n) is 3.22. The molecular weight excluding hydrogens is 308 g/mol. The first-order valence-electron chi connectivity index (χ1n) is 8.71. The molecule has 0 bridgehead atoms. The van der Waals surface area contributed by atoms with E-state index < -0.39 is 0 Å². The SMILES string of the molecule is c1ccc(COC2CN(c3ccccc3)N(c3ccccc3)C2)cc1. The first-order chi connectivity index (χ1) is 12.4. The van der Waals surface area contributed by atoms with Gasteiger partial charge < -0.3 is 4.74 Å². The van der Waals surface area contributed by atoms with Crippen LogP contribution in [0.4, 0.5) is 11.4 Å². The van der Waals surface area contributed by atoms with Gasteiger partial charge in [0, 0.05) is 0 Å². The first kappa shape index (κ1) is 15.7. The molecule has 0 unspecified atom stereocenters. The van der Waals surface area contributed by atoms with Crippen LogP contribution >= 0.6 is 0 Å².